The lowest BCUT2D eigenvalue weighted by Crippen LogP contribution is -2.33. The van der Waals surface area contributed by atoms with Gasteiger partial charge < -0.3 is 4.90 Å². The van der Waals surface area contributed by atoms with E-state index < -0.39 is 5.92 Å². The lowest BCUT2D eigenvalue weighted by molar-refractivity contribution is -0.00866. The van der Waals surface area contributed by atoms with Crippen LogP contribution in [0.2, 0.25) is 0 Å². The van der Waals surface area contributed by atoms with Gasteiger partial charge in [-0.25, -0.2) is 8.78 Å². The van der Waals surface area contributed by atoms with Gasteiger partial charge in [-0.15, -0.1) is 0 Å². The van der Waals surface area contributed by atoms with Crippen LogP contribution >= 0.6 is 0 Å². The number of halogens is 2. The molecule has 0 rings (SSSR count). The molecule has 0 saturated heterocycles. The Labute approximate surface area is 73.7 Å². The molecule has 0 N–H and O–H groups in total. The number of alkyl halides is 2. The predicted octanol–water partition coefficient (Wildman–Crippen LogP) is 2.62. The third-order valence-electron chi connectivity index (χ3n) is 1.64. The van der Waals surface area contributed by atoms with Crippen LogP contribution in [0.1, 0.15) is 27.2 Å². The minimum absolute atomic E-state index is 0.139. The number of hydrogen-bond donors (Lipinski definition) is 0. The first-order valence-corrected chi connectivity index (χ1v) is 4.37. The quantitative estimate of drug-likeness (QED) is 0.627. The van der Waals surface area contributed by atoms with E-state index in [0.717, 1.165) is 19.9 Å². The maximum absolute atomic E-state index is 12.5. The highest BCUT2D eigenvalue weighted by Gasteiger charge is 2.22. The van der Waals surface area contributed by atoms with E-state index in [4.69, 9.17) is 0 Å². The lowest BCUT2D eigenvalue weighted by atomic mass is 10.1. The Morgan fingerprint density at radius 2 is 1.83 bits per heavy atom. The summed E-state index contributed by atoms with van der Waals surface area (Å²) in [6, 6.07) is 0. The van der Waals surface area contributed by atoms with E-state index in [-0.39, 0.29) is 6.54 Å². The van der Waals surface area contributed by atoms with Crippen molar-refractivity contribution in [3.05, 3.63) is 0 Å². The Kier molecular flexibility index (Phi) is 4.68. The molecule has 74 valence electrons. The van der Waals surface area contributed by atoms with Gasteiger partial charge in [0.05, 0.1) is 6.54 Å². The summed E-state index contributed by atoms with van der Waals surface area (Å²) < 4.78 is 24.9. The molecule has 0 aromatic heterocycles. The van der Waals surface area contributed by atoms with Gasteiger partial charge in [0, 0.05) is 6.92 Å². The highest BCUT2D eigenvalue weighted by atomic mass is 19.3. The maximum atomic E-state index is 12.5. The van der Waals surface area contributed by atoms with E-state index in [1.165, 1.54) is 0 Å². The Morgan fingerprint density at radius 1 is 1.33 bits per heavy atom. The summed E-state index contributed by atoms with van der Waals surface area (Å²) in [5.74, 6) is -1.98. The fourth-order valence-electron chi connectivity index (χ4n) is 1.03. The monoisotopic (exact) mass is 179 g/mol. The summed E-state index contributed by atoms with van der Waals surface area (Å²) in [7, 11) is 1.74. The summed E-state index contributed by atoms with van der Waals surface area (Å²) in [4.78, 5) is 1.68. The highest BCUT2D eigenvalue weighted by molar-refractivity contribution is 4.64. The van der Waals surface area contributed by atoms with Gasteiger partial charge in [0.1, 0.15) is 0 Å². The van der Waals surface area contributed by atoms with Crippen LogP contribution in [0.4, 0.5) is 8.78 Å². The minimum Gasteiger partial charge on any atom is -0.301 e. The molecule has 0 amide bonds. The molecular weight excluding hydrogens is 160 g/mol. The topological polar surface area (TPSA) is 3.24 Å². The van der Waals surface area contributed by atoms with Crippen LogP contribution in [-0.4, -0.2) is 31.0 Å². The van der Waals surface area contributed by atoms with Crippen molar-refractivity contribution in [2.75, 3.05) is 20.1 Å². The summed E-state index contributed by atoms with van der Waals surface area (Å²) in [5, 5.41) is 0. The minimum atomic E-state index is -2.56. The zero-order chi connectivity index (χ0) is 9.78. The van der Waals surface area contributed by atoms with Crippen LogP contribution in [0.3, 0.4) is 0 Å². The average Bonchev–Trinajstić information content (AvgIpc) is 1.79. The third-order valence-corrected chi connectivity index (χ3v) is 1.64. The van der Waals surface area contributed by atoms with Crippen LogP contribution in [0, 0.1) is 5.92 Å². The summed E-state index contributed by atoms with van der Waals surface area (Å²) in [5.41, 5.74) is 0. The lowest BCUT2D eigenvalue weighted by Gasteiger charge is -2.21. The van der Waals surface area contributed by atoms with Crippen LogP contribution in [0.5, 0.6) is 0 Å². The van der Waals surface area contributed by atoms with Crippen LogP contribution in [-0.2, 0) is 0 Å². The molecule has 0 fully saturated rings. The number of nitrogens with zero attached hydrogens (tertiary/aromatic N) is 1. The molecule has 0 aromatic carbocycles. The van der Waals surface area contributed by atoms with E-state index in [1.807, 2.05) is 0 Å². The maximum Gasteiger partial charge on any atom is 0.257 e. The van der Waals surface area contributed by atoms with E-state index in [0.29, 0.717) is 5.92 Å². The molecule has 0 bridgehead atoms. The first-order valence-electron chi connectivity index (χ1n) is 4.37. The van der Waals surface area contributed by atoms with Crippen LogP contribution in [0.25, 0.3) is 0 Å². The molecule has 0 aliphatic rings. The van der Waals surface area contributed by atoms with Crippen molar-refractivity contribution >= 4 is 0 Å². The van der Waals surface area contributed by atoms with Gasteiger partial charge in [-0.05, 0) is 25.9 Å². The molecular formula is C9H19F2N. The highest BCUT2D eigenvalue weighted by Crippen LogP contribution is 2.13. The zero-order valence-corrected chi connectivity index (χ0v) is 8.40. The second kappa shape index (κ2) is 4.75. The van der Waals surface area contributed by atoms with E-state index in [9.17, 15) is 8.78 Å². The molecule has 0 aliphatic heterocycles. The van der Waals surface area contributed by atoms with Crippen LogP contribution < -0.4 is 0 Å². The zero-order valence-electron chi connectivity index (χ0n) is 8.40. The van der Waals surface area contributed by atoms with Crippen molar-refractivity contribution in [1.29, 1.82) is 0 Å². The summed E-state index contributed by atoms with van der Waals surface area (Å²) in [6.45, 7) is 5.76. The second-order valence-corrected chi connectivity index (χ2v) is 3.99. The normalized spacial score (nSPS) is 13.0. The van der Waals surface area contributed by atoms with Gasteiger partial charge >= 0.3 is 0 Å². The van der Waals surface area contributed by atoms with Gasteiger partial charge in [0.15, 0.2) is 0 Å². The molecule has 0 aromatic rings. The van der Waals surface area contributed by atoms with Crippen molar-refractivity contribution in [1.82, 2.24) is 4.90 Å². The molecule has 0 radical (unpaired) electrons. The molecule has 3 heteroatoms. The molecule has 0 spiro atoms. The van der Waals surface area contributed by atoms with E-state index in [1.54, 1.807) is 11.9 Å². The van der Waals surface area contributed by atoms with Gasteiger partial charge in [-0.1, -0.05) is 13.8 Å². The third kappa shape index (κ3) is 7.92. The van der Waals surface area contributed by atoms with Crippen molar-refractivity contribution in [2.24, 2.45) is 5.92 Å². The Balaban J connectivity index is 3.53. The van der Waals surface area contributed by atoms with Crippen molar-refractivity contribution < 1.29 is 8.78 Å². The smallest absolute Gasteiger partial charge is 0.257 e. The van der Waals surface area contributed by atoms with Gasteiger partial charge in [0.2, 0.25) is 0 Å². The first-order chi connectivity index (χ1) is 5.31. The van der Waals surface area contributed by atoms with E-state index >= 15 is 0 Å². The molecule has 0 saturated carbocycles. The molecule has 1 nitrogen and oxygen atoms in total. The van der Waals surface area contributed by atoms with Crippen molar-refractivity contribution in [2.45, 2.75) is 33.1 Å². The molecule has 0 atom stereocenters. The Hall–Kier alpha value is -0.180. The van der Waals surface area contributed by atoms with Crippen molar-refractivity contribution in [3.8, 4) is 0 Å². The molecule has 12 heavy (non-hydrogen) atoms. The van der Waals surface area contributed by atoms with Gasteiger partial charge in [0.25, 0.3) is 5.92 Å². The Bertz CT molecular complexity index is 118. The first kappa shape index (κ1) is 11.8. The fraction of sp³-hybridized carbons (Fsp3) is 1.00. The van der Waals surface area contributed by atoms with E-state index in [2.05, 4.69) is 13.8 Å². The SMILES string of the molecule is CC(C)CCN(C)CC(C)(F)F. The molecule has 0 heterocycles. The van der Waals surface area contributed by atoms with Gasteiger partial charge in [-0.2, -0.15) is 0 Å². The standard InChI is InChI=1S/C9H19F2N/c1-8(2)5-6-12(4)7-9(3,10)11/h8H,5-7H2,1-4H3. The summed E-state index contributed by atoms with van der Waals surface area (Å²) >= 11 is 0. The molecule has 0 aliphatic carbocycles. The number of hydrogen-bond acceptors (Lipinski definition) is 1. The number of rotatable bonds is 5. The fourth-order valence-corrected chi connectivity index (χ4v) is 1.03. The van der Waals surface area contributed by atoms with Crippen LogP contribution in [0.15, 0.2) is 0 Å². The largest absolute Gasteiger partial charge is 0.301 e. The second-order valence-electron chi connectivity index (χ2n) is 3.99. The molecule has 0 unspecified atom stereocenters. The van der Waals surface area contributed by atoms with Gasteiger partial charge in [-0.3, -0.25) is 0 Å². The average molecular weight is 179 g/mol. The predicted molar refractivity (Wildman–Crippen MR) is 47.6 cm³/mol. The van der Waals surface area contributed by atoms with Crippen molar-refractivity contribution in [3.63, 3.8) is 0 Å². The Morgan fingerprint density at radius 3 is 2.17 bits per heavy atom. The summed E-state index contributed by atoms with van der Waals surface area (Å²) in [6.07, 6.45) is 0.979.